The summed E-state index contributed by atoms with van der Waals surface area (Å²) in [5.74, 6) is 0.323. The Balaban J connectivity index is 1.14. The number of rotatable bonds is 8. The molecule has 3 aliphatic rings. The van der Waals surface area contributed by atoms with E-state index in [0.29, 0.717) is 17.6 Å². The van der Waals surface area contributed by atoms with Crippen molar-refractivity contribution in [2.75, 3.05) is 26.7 Å². The molecule has 0 spiro atoms. The Morgan fingerprint density at radius 1 is 1.00 bits per heavy atom. The molecule has 6 nitrogen and oxygen atoms in total. The predicted molar refractivity (Wildman–Crippen MR) is 180 cm³/mol. The average molecular weight is 602 g/mol. The summed E-state index contributed by atoms with van der Waals surface area (Å²) >= 11 is 0. The minimum atomic E-state index is 0.0720. The van der Waals surface area contributed by atoms with E-state index in [2.05, 4.69) is 71.3 Å². The first-order valence-electron chi connectivity index (χ1n) is 16.3. The average Bonchev–Trinajstić information content (AvgIpc) is 3.18. The molecule has 0 amide bonds. The van der Waals surface area contributed by atoms with Gasteiger partial charge in [-0.15, -0.1) is 0 Å². The topological polar surface area (TPSA) is 75.5 Å². The molecule has 1 aliphatic heterocycles. The number of hydrogen-bond acceptors (Lipinski definition) is 6. The van der Waals surface area contributed by atoms with Crippen molar-refractivity contribution < 1.29 is 14.6 Å². The molecule has 2 aliphatic carbocycles. The molecule has 0 saturated carbocycles. The zero-order valence-corrected chi connectivity index (χ0v) is 26.4. The molecule has 1 N–H and O–H groups in total. The van der Waals surface area contributed by atoms with E-state index in [1.165, 1.54) is 28.6 Å². The van der Waals surface area contributed by atoms with Crippen molar-refractivity contribution in [2.45, 2.75) is 58.0 Å². The molecule has 2 atom stereocenters. The number of fused-ring (bicyclic) bond motifs is 1. The number of phenolic OH excluding ortho intramolecular Hbond substituents is 1. The normalized spacial score (nSPS) is 21.0. The highest BCUT2D eigenvalue weighted by Crippen LogP contribution is 2.40. The van der Waals surface area contributed by atoms with Gasteiger partial charge < -0.3 is 14.7 Å². The van der Waals surface area contributed by atoms with Gasteiger partial charge >= 0.3 is 0 Å². The second-order valence-electron chi connectivity index (χ2n) is 12.5. The smallest absolute Gasteiger partial charge is 0.164 e. The largest absolute Gasteiger partial charge is 0.507 e. The van der Waals surface area contributed by atoms with E-state index >= 15 is 0 Å². The van der Waals surface area contributed by atoms with Crippen molar-refractivity contribution in [1.82, 2.24) is 14.9 Å². The highest BCUT2D eigenvalue weighted by molar-refractivity contribution is 6.22. The second kappa shape index (κ2) is 14.3. The van der Waals surface area contributed by atoms with E-state index in [4.69, 9.17) is 4.74 Å². The van der Waals surface area contributed by atoms with E-state index in [0.717, 1.165) is 74.9 Å². The number of hydrogen-bond donors (Lipinski definition) is 1. The Hall–Kier alpha value is -4.13. The Labute approximate surface area is 266 Å². The molecule has 1 saturated heterocycles. The van der Waals surface area contributed by atoms with Crippen molar-refractivity contribution in [1.29, 1.82) is 0 Å². The lowest BCUT2D eigenvalue weighted by molar-refractivity contribution is -0.114. The van der Waals surface area contributed by atoms with Crippen molar-refractivity contribution in [3.05, 3.63) is 119 Å². The fourth-order valence-corrected chi connectivity index (χ4v) is 6.72. The lowest BCUT2D eigenvalue weighted by Crippen LogP contribution is -2.35. The van der Waals surface area contributed by atoms with Crippen LogP contribution in [0.1, 0.15) is 68.2 Å². The van der Waals surface area contributed by atoms with Crippen LogP contribution in [0.25, 0.3) is 16.7 Å². The van der Waals surface area contributed by atoms with Crippen LogP contribution in [0.2, 0.25) is 0 Å². The maximum atomic E-state index is 13.6. The van der Waals surface area contributed by atoms with Gasteiger partial charge in [0.1, 0.15) is 12.1 Å². The molecule has 0 radical (unpaired) electrons. The monoisotopic (exact) mass is 601 g/mol. The zero-order valence-electron chi connectivity index (χ0n) is 26.4. The first kappa shape index (κ1) is 30.9. The second-order valence-corrected chi connectivity index (χ2v) is 12.5. The highest BCUT2D eigenvalue weighted by atomic mass is 16.5. The highest BCUT2D eigenvalue weighted by Gasteiger charge is 2.28. The molecule has 6 rings (SSSR count). The zero-order chi connectivity index (χ0) is 31.2. The van der Waals surface area contributed by atoms with Gasteiger partial charge in [-0.05, 0) is 97.5 Å². The van der Waals surface area contributed by atoms with Crippen molar-refractivity contribution in [3.63, 3.8) is 0 Å². The van der Waals surface area contributed by atoms with Gasteiger partial charge in [-0.1, -0.05) is 61.1 Å². The maximum absolute atomic E-state index is 13.6. The van der Waals surface area contributed by atoms with Gasteiger partial charge in [0.2, 0.25) is 0 Å². The first-order valence-corrected chi connectivity index (χ1v) is 16.3. The maximum Gasteiger partial charge on any atom is 0.164 e. The summed E-state index contributed by atoms with van der Waals surface area (Å²) in [4.78, 5) is 24.1. The van der Waals surface area contributed by atoms with Crippen molar-refractivity contribution in [2.24, 2.45) is 5.92 Å². The van der Waals surface area contributed by atoms with Gasteiger partial charge in [0, 0.05) is 48.6 Å². The summed E-state index contributed by atoms with van der Waals surface area (Å²) in [6, 6.07) is 14.4. The summed E-state index contributed by atoms with van der Waals surface area (Å²) in [6.45, 7) is 4.90. The summed E-state index contributed by atoms with van der Waals surface area (Å²) in [5.41, 5.74) is 9.24. The van der Waals surface area contributed by atoms with Crippen LogP contribution < -0.4 is 0 Å². The van der Waals surface area contributed by atoms with E-state index in [-0.39, 0.29) is 23.6 Å². The number of allylic oxidation sites excluding steroid dienone is 8. The van der Waals surface area contributed by atoms with Crippen LogP contribution in [0.4, 0.5) is 0 Å². The third kappa shape index (κ3) is 7.41. The van der Waals surface area contributed by atoms with Crippen LogP contribution in [0, 0.1) is 5.92 Å². The quantitative estimate of drug-likeness (QED) is 0.265. The number of carbonyl (C=O) groups is 1. The van der Waals surface area contributed by atoms with E-state index in [1.807, 2.05) is 18.2 Å². The first-order chi connectivity index (χ1) is 22.0. The van der Waals surface area contributed by atoms with Crippen LogP contribution in [-0.4, -0.2) is 52.5 Å². The number of likely N-dealkylation sites (N-methyl/N-ethyl adjacent to an activating group) is 1. The number of phenols is 1. The Bertz CT molecular complexity index is 1640. The minimum Gasteiger partial charge on any atom is -0.507 e. The number of Topliss-reactive ketones (excluding diaryl/α,β-unsaturated/α-hetero) is 1. The molecular weight excluding hydrogens is 558 g/mol. The van der Waals surface area contributed by atoms with Gasteiger partial charge in [-0.3, -0.25) is 4.79 Å². The molecule has 2 aromatic carbocycles. The molecule has 3 aromatic rings. The van der Waals surface area contributed by atoms with Crippen LogP contribution >= 0.6 is 0 Å². The molecule has 0 bridgehead atoms. The Kier molecular flexibility index (Phi) is 9.82. The number of benzene rings is 2. The van der Waals surface area contributed by atoms with Gasteiger partial charge in [-0.2, -0.15) is 0 Å². The molecule has 2 unspecified atom stereocenters. The van der Waals surface area contributed by atoms with Gasteiger partial charge in [-0.25, -0.2) is 9.97 Å². The van der Waals surface area contributed by atoms with E-state index in [1.54, 1.807) is 18.5 Å². The molecule has 1 fully saturated rings. The SMILES string of the molecule is CCC1CC(=O)C(c2ccc(-c3cncnc3)cc2O)=CC2=CCC=C(CCCc3ccc(C4CN(C)CCO4)cc3)CC=C21. The van der Waals surface area contributed by atoms with Crippen molar-refractivity contribution >= 4 is 11.4 Å². The Morgan fingerprint density at radius 3 is 2.58 bits per heavy atom. The minimum absolute atomic E-state index is 0.0720. The van der Waals surface area contributed by atoms with Crippen LogP contribution in [0.5, 0.6) is 5.75 Å². The number of aromatic nitrogens is 2. The summed E-state index contributed by atoms with van der Waals surface area (Å²) in [6.07, 6.45) is 20.3. The third-order valence-electron chi connectivity index (χ3n) is 9.39. The standard InChI is InChI=1S/C39H43N3O3/c1-3-29-21-38(44)36(35-17-15-31(22-37(35)43)33-23-40-26-41-24-33)20-32-9-5-8-27(12-16-34(29)32)6-4-7-28-10-13-30(14-11-28)39-25-42(2)18-19-45-39/h8-11,13-17,20,22-24,26,29,39,43H,3-7,12,18-19,21,25H2,1-2H3. The fourth-order valence-electron chi connectivity index (χ4n) is 6.72. The molecule has 45 heavy (non-hydrogen) atoms. The van der Waals surface area contributed by atoms with Gasteiger partial charge in [0.05, 0.1) is 12.7 Å². The number of carbonyl (C=O) groups excluding carboxylic acids is 1. The Morgan fingerprint density at radius 2 is 1.82 bits per heavy atom. The lowest BCUT2D eigenvalue weighted by Gasteiger charge is -2.30. The molecule has 1 aromatic heterocycles. The molecule has 232 valence electrons. The molecule has 2 heterocycles. The molecule has 6 heteroatoms. The molecular formula is C39H43N3O3. The number of nitrogens with zero attached hydrogens (tertiary/aromatic N) is 3. The van der Waals surface area contributed by atoms with Crippen molar-refractivity contribution in [3.8, 4) is 16.9 Å². The van der Waals surface area contributed by atoms with Crippen LogP contribution in [0.3, 0.4) is 0 Å². The van der Waals surface area contributed by atoms with Gasteiger partial charge in [0.25, 0.3) is 0 Å². The number of aromatic hydroxyl groups is 1. The number of ether oxygens (including phenoxy) is 1. The third-order valence-corrected chi connectivity index (χ3v) is 9.39. The lowest BCUT2D eigenvalue weighted by atomic mass is 9.85. The van der Waals surface area contributed by atoms with Gasteiger partial charge in [0.15, 0.2) is 5.78 Å². The van der Waals surface area contributed by atoms with Crippen LogP contribution in [0.15, 0.2) is 102 Å². The summed E-state index contributed by atoms with van der Waals surface area (Å²) < 4.78 is 5.98. The van der Waals surface area contributed by atoms with E-state index in [9.17, 15) is 9.90 Å². The number of aryl methyl sites for hydroxylation is 1. The fraction of sp³-hybridized carbons (Fsp3) is 0.359. The summed E-state index contributed by atoms with van der Waals surface area (Å²) in [5, 5.41) is 11.0. The number of morpholine rings is 1. The van der Waals surface area contributed by atoms with E-state index < -0.39 is 0 Å². The number of ketones is 1. The predicted octanol–water partition coefficient (Wildman–Crippen LogP) is 7.83. The summed E-state index contributed by atoms with van der Waals surface area (Å²) in [7, 11) is 2.15. The van der Waals surface area contributed by atoms with Crippen LogP contribution in [-0.2, 0) is 16.0 Å².